The van der Waals surface area contributed by atoms with Crippen molar-refractivity contribution in [2.75, 3.05) is 12.3 Å². The van der Waals surface area contributed by atoms with Gasteiger partial charge in [0.25, 0.3) is 0 Å². The molecule has 1 aromatic carbocycles. The lowest BCUT2D eigenvalue weighted by molar-refractivity contribution is -0.121. The first-order valence-corrected chi connectivity index (χ1v) is 6.54. The second-order valence-corrected chi connectivity index (χ2v) is 4.57. The maximum atomic E-state index is 11.7. The molecule has 0 aliphatic rings. The monoisotopic (exact) mass is 274 g/mol. The first-order valence-electron chi connectivity index (χ1n) is 6.54. The van der Waals surface area contributed by atoms with Gasteiger partial charge < -0.3 is 15.6 Å². The van der Waals surface area contributed by atoms with Crippen LogP contribution in [0.1, 0.15) is 23.7 Å². The van der Waals surface area contributed by atoms with E-state index in [1.165, 1.54) is 0 Å². The van der Waals surface area contributed by atoms with E-state index in [0.29, 0.717) is 37.5 Å². The number of rotatable bonds is 6. The number of hydrogen-bond donors (Lipinski definition) is 2. The molecule has 1 heterocycles. The van der Waals surface area contributed by atoms with Gasteiger partial charge in [-0.05, 0) is 24.1 Å². The number of nitrogens with two attached hydrogens (primary N) is 1. The van der Waals surface area contributed by atoms with Gasteiger partial charge in [0.1, 0.15) is 0 Å². The van der Waals surface area contributed by atoms with E-state index in [4.69, 9.17) is 10.3 Å². The number of aromatic nitrogens is 2. The normalized spacial score (nSPS) is 10.4. The lowest BCUT2D eigenvalue weighted by Crippen LogP contribution is -2.26. The van der Waals surface area contributed by atoms with Crippen LogP contribution in [0.4, 0.5) is 5.69 Å². The van der Waals surface area contributed by atoms with Gasteiger partial charge in [0.2, 0.25) is 11.8 Å². The Morgan fingerprint density at radius 1 is 1.30 bits per heavy atom. The summed E-state index contributed by atoms with van der Waals surface area (Å²) >= 11 is 0. The van der Waals surface area contributed by atoms with E-state index in [0.717, 1.165) is 11.3 Å². The number of nitrogens with one attached hydrogen (secondary N) is 1. The average Bonchev–Trinajstić information content (AvgIpc) is 2.84. The third-order valence-corrected chi connectivity index (χ3v) is 2.86. The van der Waals surface area contributed by atoms with Crippen LogP contribution in [-0.2, 0) is 17.6 Å². The Bertz CT molecular complexity index is 563. The topological polar surface area (TPSA) is 94.0 Å². The Kier molecular flexibility index (Phi) is 4.70. The molecule has 0 bridgehead atoms. The fourth-order valence-corrected chi connectivity index (χ4v) is 1.79. The minimum absolute atomic E-state index is 0.0158. The fourth-order valence-electron chi connectivity index (χ4n) is 1.79. The molecule has 6 nitrogen and oxygen atoms in total. The first-order chi connectivity index (χ1) is 9.63. The molecule has 2 aromatic rings. The Morgan fingerprint density at radius 3 is 2.70 bits per heavy atom. The Morgan fingerprint density at radius 2 is 2.05 bits per heavy atom. The molecule has 106 valence electrons. The molecule has 0 atom stereocenters. The summed E-state index contributed by atoms with van der Waals surface area (Å²) in [7, 11) is 0. The molecule has 0 aliphatic carbocycles. The number of amides is 1. The standard InChI is InChI=1S/C14H18N4O2/c1-10-17-13(18-20-10)8-9-16-14(19)7-4-11-2-5-12(15)6-3-11/h2-3,5-6H,4,7-9,15H2,1H3,(H,16,19). The van der Waals surface area contributed by atoms with Gasteiger partial charge in [-0.2, -0.15) is 4.98 Å². The number of carbonyl (C=O) groups excluding carboxylic acids is 1. The molecule has 1 amide bonds. The Labute approximate surface area is 117 Å². The molecule has 0 aliphatic heterocycles. The number of anilines is 1. The molecule has 2 rings (SSSR count). The van der Waals surface area contributed by atoms with Gasteiger partial charge in [0.15, 0.2) is 5.82 Å². The van der Waals surface area contributed by atoms with Gasteiger partial charge in [0, 0.05) is 32.0 Å². The lowest BCUT2D eigenvalue weighted by Gasteiger charge is -2.04. The van der Waals surface area contributed by atoms with Crippen LogP contribution in [0, 0.1) is 6.92 Å². The zero-order valence-electron chi connectivity index (χ0n) is 11.4. The van der Waals surface area contributed by atoms with Crippen LogP contribution in [0.15, 0.2) is 28.8 Å². The maximum absolute atomic E-state index is 11.7. The summed E-state index contributed by atoms with van der Waals surface area (Å²) in [6.45, 7) is 2.25. The fraction of sp³-hybridized carbons (Fsp3) is 0.357. The molecule has 1 aromatic heterocycles. The molecule has 0 radical (unpaired) electrons. The van der Waals surface area contributed by atoms with Gasteiger partial charge in [-0.1, -0.05) is 17.3 Å². The van der Waals surface area contributed by atoms with Gasteiger partial charge in [-0.3, -0.25) is 4.79 Å². The summed E-state index contributed by atoms with van der Waals surface area (Å²) in [5, 5.41) is 6.60. The highest BCUT2D eigenvalue weighted by Crippen LogP contribution is 2.07. The summed E-state index contributed by atoms with van der Waals surface area (Å²) in [6.07, 6.45) is 1.73. The molecule has 0 unspecified atom stereocenters. The molecule has 0 fully saturated rings. The predicted octanol–water partition coefficient (Wildman–Crippen LogP) is 1.25. The van der Waals surface area contributed by atoms with Crippen molar-refractivity contribution < 1.29 is 9.32 Å². The predicted molar refractivity (Wildman–Crippen MR) is 74.9 cm³/mol. The van der Waals surface area contributed by atoms with Crippen molar-refractivity contribution >= 4 is 11.6 Å². The van der Waals surface area contributed by atoms with E-state index < -0.39 is 0 Å². The Balaban J connectivity index is 1.66. The summed E-state index contributed by atoms with van der Waals surface area (Å²) < 4.78 is 4.85. The quantitative estimate of drug-likeness (QED) is 0.773. The summed E-state index contributed by atoms with van der Waals surface area (Å²) in [4.78, 5) is 15.7. The molecule has 6 heteroatoms. The van der Waals surface area contributed by atoms with Crippen LogP contribution in [0.25, 0.3) is 0 Å². The second kappa shape index (κ2) is 6.70. The summed E-state index contributed by atoms with van der Waals surface area (Å²) in [6, 6.07) is 7.55. The third-order valence-electron chi connectivity index (χ3n) is 2.86. The largest absolute Gasteiger partial charge is 0.399 e. The van der Waals surface area contributed by atoms with Crippen molar-refractivity contribution in [1.82, 2.24) is 15.5 Å². The number of nitrogens with zero attached hydrogens (tertiary/aromatic N) is 2. The molecule has 0 saturated heterocycles. The highest BCUT2D eigenvalue weighted by Gasteiger charge is 2.05. The summed E-state index contributed by atoms with van der Waals surface area (Å²) in [5.41, 5.74) is 7.44. The van der Waals surface area contributed by atoms with Crippen LogP contribution in [0.3, 0.4) is 0 Å². The zero-order chi connectivity index (χ0) is 14.4. The molecule has 3 N–H and O–H groups in total. The van der Waals surface area contributed by atoms with E-state index in [1.54, 1.807) is 6.92 Å². The number of hydrogen-bond acceptors (Lipinski definition) is 5. The van der Waals surface area contributed by atoms with Crippen molar-refractivity contribution in [2.45, 2.75) is 26.2 Å². The van der Waals surface area contributed by atoms with E-state index in [2.05, 4.69) is 15.5 Å². The van der Waals surface area contributed by atoms with E-state index in [9.17, 15) is 4.79 Å². The molecule has 20 heavy (non-hydrogen) atoms. The SMILES string of the molecule is Cc1nc(CCNC(=O)CCc2ccc(N)cc2)no1. The first kappa shape index (κ1) is 14.0. The molecule has 0 spiro atoms. The number of aryl methyl sites for hydroxylation is 2. The second-order valence-electron chi connectivity index (χ2n) is 4.57. The average molecular weight is 274 g/mol. The van der Waals surface area contributed by atoms with Crippen LogP contribution < -0.4 is 11.1 Å². The highest BCUT2D eigenvalue weighted by molar-refractivity contribution is 5.76. The highest BCUT2D eigenvalue weighted by atomic mass is 16.5. The van der Waals surface area contributed by atoms with Crippen LogP contribution in [0.5, 0.6) is 0 Å². The number of benzene rings is 1. The third kappa shape index (κ3) is 4.38. The lowest BCUT2D eigenvalue weighted by atomic mass is 10.1. The van der Waals surface area contributed by atoms with Gasteiger partial charge in [-0.15, -0.1) is 0 Å². The smallest absolute Gasteiger partial charge is 0.223 e. The zero-order valence-corrected chi connectivity index (χ0v) is 11.4. The van der Waals surface area contributed by atoms with E-state index >= 15 is 0 Å². The van der Waals surface area contributed by atoms with Crippen molar-refractivity contribution in [2.24, 2.45) is 0 Å². The number of carbonyl (C=O) groups is 1. The number of nitrogen functional groups attached to an aromatic ring is 1. The van der Waals surface area contributed by atoms with Crippen LogP contribution >= 0.6 is 0 Å². The van der Waals surface area contributed by atoms with Crippen molar-refractivity contribution in [3.05, 3.63) is 41.5 Å². The minimum atomic E-state index is 0.0158. The van der Waals surface area contributed by atoms with E-state index in [1.807, 2.05) is 24.3 Å². The molecule has 0 saturated carbocycles. The van der Waals surface area contributed by atoms with E-state index in [-0.39, 0.29) is 5.91 Å². The van der Waals surface area contributed by atoms with Crippen molar-refractivity contribution in [3.8, 4) is 0 Å². The van der Waals surface area contributed by atoms with Gasteiger partial charge in [0.05, 0.1) is 0 Å². The summed E-state index contributed by atoms with van der Waals surface area (Å²) in [5.74, 6) is 1.16. The van der Waals surface area contributed by atoms with Gasteiger partial charge in [-0.25, -0.2) is 0 Å². The van der Waals surface area contributed by atoms with Crippen LogP contribution in [-0.4, -0.2) is 22.6 Å². The van der Waals surface area contributed by atoms with Gasteiger partial charge >= 0.3 is 0 Å². The Hall–Kier alpha value is -2.37. The van der Waals surface area contributed by atoms with Crippen molar-refractivity contribution in [1.29, 1.82) is 0 Å². The van der Waals surface area contributed by atoms with Crippen LogP contribution in [0.2, 0.25) is 0 Å². The maximum Gasteiger partial charge on any atom is 0.223 e. The molecular weight excluding hydrogens is 256 g/mol. The minimum Gasteiger partial charge on any atom is -0.399 e. The van der Waals surface area contributed by atoms with Crippen molar-refractivity contribution in [3.63, 3.8) is 0 Å². The molecular formula is C14H18N4O2.